The fourth-order valence-corrected chi connectivity index (χ4v) is 1.81. The molecule has 4 heteroatoms. The van der Waals surface area contributed by atoms with Crippen LogP contribution in [0.15, 0.2) is 36.5 Å². The highest BCUT2D eigenvalue weighted by Gasteiger charge is 2.17. The van der Waals surface area contributed by atoms with Crippen LogP contribution in [0.25, 0.3) is 0 Å². The molecule has 2 N–H and O–H groups in total. The molecular weight excluding hydrogens is 234 g/mol. The minimum absolute atomic E-state index is 0.0834. The van der Waals surface area contributed by atoms with E-state index in [1.54, 1.807) is 6.20 Å². The molecule has 0 bridgehead atoms. The number of aromatic nitrogens is 1. The zero-order valence-corrected chi connectivity index (χ0v) is 10.0. The van der Waals surface area contributed by atoms with Gasteiger partial charge in [0.15, 0.2) is 0 Å². The van der Waals surface area contributed by atoms with Crippen LogP contribution in [0.1, 0.15) is 22.9 Å². The van der Waals surface area contributed by atoms with E-state index in [0.29, 0.717) is 6.42 Å². The third-order valence-electron chi connectivity index (χ3n) is 2.77. The van der Waals surface area contributed by atoms with Crippen molar-refractivity contribution in [3.63, 3.8) is 0 Å². The summed E-state index contributed by atoms with van der Waals surface area (Å²) in [6.07, 6.45) is 2.01. The molecule has 0 aliphatic rings. The first-order chi connectivity index (χ1) is 8.58. The van der Waals surface area contributed by atoms with Crippen LogP contribution in [0, 0.1) is 18.6 Å². The number of hydrogen-bond donors (Lipinski definition) is 1. The molecule has 0 saturated carbocycles. The van der Waals surface area contributed by atoms with Gasteiger partial charge in [-0.15, -0.1) is 0 Å². The average Bonchev–Trinajstić information content (AvgIpc) is 2.32. The summed E-state index contributed by atoms with van der Waals surface area (Å²) in [5.74, 6) is -1.23. The minimum Gasteiger partial charge on any atom is -0.323 e. The lowest BCUT2D eigenvalue weighted by molar-refractivity contribution is 0.523. The van der Waals surface area contributed by atoms with Crippen LogP contribution in [0.4, 0.5) is 8.78 Å². The van der Waals surface area contributed by atoms with Gasteiger partial charge in [-0.3, -0.25) is 4.98 Å². The normalized spacial score (nSPS) is 12.4. The first kappa shape index (κ1) is 12.6. The second kappa shape index (κ2) is 5.23. The average molecular weight is 248 g/mol. The summed E-state index contributed by atoms with van der Waals surface area (Å²) < 4.78 is 27.1. The zero-order valence-electron chi connectivity index (χ0n) is 10.0. The standard InChI is InChI=1S/C14H14F2N2/c1-9-5-6-10(18-8-9)7-13(17)14-11(15)3-2-4-12(14)16/h2-6,8,13H,7,17H2,1H3. The fourth-order valence-electron chi connectivity index (χ4n) is 1.81. The summed E-state index contributed by atoms with van der Waals surface area (Å²) in [6.45, 7) is 1.92. The number of pyridine rings is 1. The lowest BCUT2D eigenvalue weighted by atomic mass is 10.0. The van der Waals surface area contributed by atoms with Gasteiger partial charge in [-0.05, 0) is 30.7 Å². The van der Waals surface area contributed by atoms with E-state index in [9.17, 15) is 8.78 Å². The molecule has 1 aromatic carbocycles. The summed E-state index contributed by atoms with van der Waals surface area (Å²) in [7, 11) is 0. The topological polar surface area (TPSA) is 38.9 Å². The second-order valence-corrected chi connectivity index (χ2v) is 4.27. The Hall–Kier alpha value is -1.81. The van der Waals surface area contributed by atoms with Gasteiger partial charge in [0.1, 0.15) is 11.6 Å². The highest BCUT2D eigenvalue weighted by Crippen LogP contribution is 2.21. The van der Waals surface area contributed by atoms with E-state index in [1.165, 1.54) is 18.2 Å². The number of nitrogens with two attached hydrogens (primary N) is 1. The Morgan fingerprint density at radius 1 is 1.17 bits per heavy atom. The van der Waals surface area contributed by atoms with Crippen LogP contribution in [-0.2, 0) is 6.42 Å². The molecule has 94 valence electrons. The van der Waals surface area contributed by atoms with Gasteiger partial charge in [0.25, 0.3) is 0 Å². The SMILES string of the molecule is Cc1ccc(CC(N)c2c(F)cccc2F)nc1. The number of nitrogens with zero attached hydrogens (tertiary/aromatic N) is 1. The molecule has 2 aromatic rings. The molecule has 0 fully saturated rings. The number of benzene rings is 1. The molecule has 0 aliphatic carbocycles. The lowest BCUT2D eigenvalue weighted by Gasteiger charge is -2.13. The Labute approximate surface area is 104 Å². The Morgan fingerprint density at radius 3 is 2.39 bits per heavy atom. The summed E-state index contributed by atoms with van der Waals surface area (Å²) in [6, 6.07) is 6.72. The molecule has 1 atom stereocenters. The van der Waals surface area contributed by atoms with Crippen molar-refractivity contribution in [1.82, 2.24) is 4.98 Å². The van der Waals surface area contributed by atoms with Crippen LogP contribution in [0.5, 0.6) is 0 Å². The number of halogens is 2. The Bertz CT molecular complexity index is 518. The largest absolute Gasteiger partial charge is 0.323 e. The minimum atomic E-state index is -0.735. The van der Waals surface area contributed by atoms with Crippen LogP contribution >= 0.6 is 0 Å². The van der Waals surface area contributed by atoms with Crippen LogP contribution in [0.2, 0.25) is 0 Å². The molecule has 1 aromatic heterocycles. The van der Waals surface area contributed by atoms with Crippen molar-refractivity contribution >= 4 is 0 Å². The van der Waals surface area contributed by atoms with Crippen molar-refractivity contribution in [2.24, 2.45) is 5.73 Å². The molecule has 0 spiro atoms. The van der Waals surface area contributed by atoms with Crippen molar-refractivity contribution < 1.29 is 8.78 Å². The van der Waals surface area contributed by atoms with Gasteiger partial charge in [-0.2, -0.15) is 0 Å². The second-order valence-electron chi connectivity index (χ2n) is 4.27. The molecule has 0 aliphatic heterocycles. The van der Waals surface area contributed by atoms with Gasteiger partial charge < -0.3 is 5.73 Å². The van der Waals surface area contributed by atoms with Crippen molar-refractivity contribution in [2.75, 3.05) is 0 Å². The summed E-state index contributed by atoms with van der Waals surface area (Å²) in [4.78, 5) is 4.18. The predicted molar refractivity (Wildman–Crippen MR) is 66.0 cm³/mol. The maximum absolute atomic E-state index is 13.5. The maximum atomic E-state index is 13.5. The van der Waals surface area contributed by atoms with Gasteiger partial charge in [-0.25, -0.2) is 8.78 Å². The van der Waals surface area contributed by atoms with Gasteiger partial charge in [0.2, 0.25) is 0 Å². The first-order valence-electron chi connectivity index (χ1n) is 5.69. The number of rotatable bonds is 3. The number of hydrogen-bond acceptors (Lipinski definition) is 2. The van der Waals surface area contributed by atoms with E-state index in [0.717, 1.165) is 11.3 Å². The molecule has 0 radical (unpaired) electrons. The summed E-state index contributed by atoms with van der Waals surface area (Å²) in [5, 5.41) is 0. The van der Waals surface area contributed by atoms with E-state index in [1.807, 2.05) is 19.1 Å². The number of aryl methyl sites for hydroxylation is 1. The van der Waals surface area contributed by atoms with Crippen LogP contribution < -0.4 is 5.73 Å². The molecule has 0 amide bonds. The monoisotopic (exact) mass is 248 g/mol. The van der Waals surface area contributed by atoms with E-state index in [4.69, 9.17) is 5.73 Å². The molecule has 0 saturated heterocycles. The highest BCUT2D eigenvalue weighted by molar-refractivity contribution is 5.25. The molecular formula is C14H14F2N2. The molecule has 1 heterocycles. The zero-order chi connectivity index (χ0) is 13.1. The van der Waals surface area contributed by atoms with Gasteiger partial charge in [0.05, 0.1) is 0 Å². The Kier molecular flexibility index (Phi) is 3.67. The quantitative estimate of drug-likeness (QED) is 0.907. The molecule has 2 rings (SSSR count). The van der Waals surface area contributed by atoms with Gasteiger partial charge >= 0.3 is 0 Å². The smallest absolute Gasteiger partial charge is 0.130 e. The maximum Gasteiger partial charge on any atom is 0.130 e. The van der Waals surface area contributed by atoms with Crippen molar-refractivity contribution in [2.45, 2.75) is 19.4 Å². The van der Waals surface area contributed by atoms with Crippen LogP contribution in [-0.4, -0.2) is 4.98 Å². The van der Waals surface area contributed by atoms with E-state index in [2.05, 4.69) is 4.98 Å². The lowest BCUT2D eigenvalue weighted by Crippen LogP contribution is -2.17. The van der Waals surface area contributed by atoms with Gasteiger partial charge in [-0.1, -0.05) is 12.1 Å². The summed E-state index contributed by atoms with van der Waals surface area (Å²) >= 11 is 0. The highest BCUT2D eigenvalue weighted by atomic mass is 19.1. The van der Waals surface area contributed by atoms with Crippen molar-refractivity contribution in [3.8, 4) is 0 Å². The van der Waals surface area contributed by atoms with E-state index < -0.39 is 17.7 Å². The van der Waals surface area contributed by atoms with Crippen molar-refractivity contribution in [3.05, 3.63) is 65.0 Å². The fraction of sp³-hybridized carbons (Fsp3) is 0.214. The Balaban J connectivity index is 2.22. The molecule has 1 unspecified atom stereocenters. The van der Waals surface area contributed by atoms with Crippen molar-refractivity contribution in [1.29, 1.82) is 0 Å². The van der Waals surface area contributed by atoms with Gasteiger partial charge in [0, 0.05) is 29.9 Å². The third kappa shape index (κ3) is 2.71. The predicted octanol–water partition coefficient (Wildman–Crippen LogP) is 2.91. The molecule has 18 heavy (non-hydrogen) atoms. The molecule has 2 nitrogen and oxygen atoms in total. The van der Waals surface area contributed by atoms with E-state index in [-0.39, 0.29) is 5.56 Å². The van der Waals surface area contributed by atoms with E-state index >= 15 is 0 Å². The Morgan fingerprint density at radius 2 is 1.83 bits per heavy atom. The summed E-state index contributed by atoms with van der Waals surface area (Å²) in [5.41, 5.74) is 7.51. The third-order valence-corrected chi connectivity index (χ3v) is 2.77. The first-order valence-corrected chi connectivity index (χ1v) is 5.69. The van der Waals surface area contributed by atoms with Crippen LogP contribution in [0.3, 0.4) is 0 Å².